The highest BCUT2D eigenvalue weighted by molar-refractivity contribution is 6.09. The van der Waals surface area contributed by atoms with Crippen LogP contribution in [0.2, 0.25) is 0 Å². The van der Waals surface area contributed by atoms with Gasteiger partial charge in [-0.05, 0) is 127 Å². The van der Waals surface area contributed by atoms with E-state index in [1.165, 1.54) is 84.8 Å². The largest absolute Gasteiger partial charge is 0.508 e. The second-order valence-electron chi connectivity index (χ2n) is 17.0. The molecule has 2 N–H and O–H groups in total. The van der Waals surface area contributed by atoms with E-state index in [1.807, 2.05) is 38.1 Å². The lowest BCUT2D eigenvalue weighted by molar-refractivity contribution is 0.475. The van der Waals surface area contributed by atoms with Crippen molar-refractivity contribution in [2.45, 2.75) is 59.8 Å². The number of aromatic nitrogens is 1. The maximum atomic E-state index is 10.0. The van der Waals surface area contributed by atoms with Gasteiger partial charge in [0, 0.05) is 16.5 Å². The molecule has 0 aliphatic heterocycles. The molecule has 3 heteroatoms. The normalized spacial score (nSPS) is 11.7. The van der Waals surface area contributed by atoms with Crippen LogP contribution < -0.4 is 0 Å². The lowest BCUT2D eigenvalue weighted by Gasteiger charge is -2.34. The summed E-state index contributed by atoms with van der Waals surface area (Å²) in [7, 11) is 0. The zero-order valence-electron chi connectivity index (χ0n) is 40.1. The number of benzene rings is 10. The lowest BCUT2D eigenvalue weighted by atomic mass is 9.67. The highest BCUT2D eigenvalue weighted by Gasteiger charge is 2.46. The molecule has 0 bridgehead atoms. The van der Waals surface area contributed by atoms with Gasteiger partial charge >= 0.3 is 0 Å². The van der Waals surface area contributed by atoms with Crippen molar-refractivity contribution in [1.82, 2.24) is 4.57 Å². The second kappa shape index (κ2) is 21.2. The van der Waals surface area contributed by atoms with Crippen molar-refractivity contribution in [3.8, 4) is 39.4 Å². The summed E-state index contributed by atoms with van der Waals surface area (Å²) in [5.74, 6) is 0.545. The number of nitrogens with zero attached hydrogens (tertiary/aromatic N) is 1. The number of hydrogen-bond donors (Lipinski definition) is 2. The van der Waals surface area contributed by atoms with Gasteiger partial charge in [-0.25, -0.2) is 0 Å². The second-order valence-corrected chi connectivity index (χ2v) is 17.0. The van der Waals surface area contributed by atoms with Gasteiger partial charge < -0.3 is 14.8 Å². The molecule has 3 nitrogen and oxygen atoms in total. The summed E-state index contributed by atoms with van der Waals surface area (Å²) in [6, 6.07) is 78.2. The van der Waals surface area contributed by atoms with E-state index in [-0.39, 0.29) is 11.5 Å². The van der Waals surface area contributed by atoms with Gasteiger partial charge in [-0.15, -0.1) is 0 Å². The van der Waals surface area contributed by atoms with E-state index in [9.17, 15) is 10.2 Å². The Kier molecular flexibility index (Phi) is 14.5. The monoisotopic (exact) mass is 887 g/mol. The summed E-state index contributed by atoms with van der Waals surface area (Å²) < 4.78 is 2.35. The van der Waals surface area contributed by atoms with Gasteiger partial charge in [0.1, 0.15) is 11.5 Å². The Labute approximate surface area is 402 Å². The molecule has 0 unspecified atom stereocenters. The number of aromatic hydroxyl groups is 2. The molecule has 1 aliphatic rings. The fourth-order valence-corrected chi connectivity index (χ4v) is 9.59. The standard InChI is InChI=1S/C33H22O2.C24H17N.2C3H8.C2H6/c34-27-15-11-21-17-25(13-9-23(21)19-27)33(26-14-10-24-20-28(35)16-12-22(24)18-26)31-7-3-1-5-29(31)30-6-2-4-8-32(30)33;1-2-8-18(9-3-1)19-14-16-20(17-15-19)25-23-12-6-4-10-21(23)22-11-5-7-13-24(22)25;2*1-3-2;1-2/h1-20,34-35H;1-17H;2*3H2,1-2H3;1-2H3. The van der Waals surface area contributed by atoms with Crippen molar-refractivity contribution in [2.75, 3.05) is 0 Å². The van der Waals surface area contributed by atoms with Crippen LogP contribution in [0.3, 0.4) is 0 Å². The van der Waals surface area contributed by atoms with Crippen molar-refractivity contribution in [2.24, 2.45) is 0 Å². The third-order valence-corrected chi connectivity index (χ3v) is 12.3. The van der Waals surface area contributed by atoms with Crippen LogP contribution in [0.25, 0.3) is 71.3 Å². The fraction of sp³-hybridized carbons (Fsp3) is 0.138. The summed E-state index contributed by atoms with van der Waals surface area (Å²) >= 11 is 0. The van der Waals surface area contributed by atoms with Crippen LogP contribution in [-0.4, -0.2) is 14.8 Å². The highest BCUT2D eigenvalue weighted by atomic mass is 16.3. The molecule has 0 fully saturated rings. The molecule has 1 heterocycles. The Morgan fingerprint density at radius 1 is 0.368 bits per heavy atom. The van der Waals surface area contributed by atoms with Crippen molar-refractivity contribution in [3.63, 3.8) is 0 Å². The number of phenolic OH excluding ortho intramolecular Hbond substituents is 2. The molecule has 0 atom stereocenters. The molecule has 1 aliphatic carbocycles. The zero-order valence-corrected chi connectivity index (χ0v) is 40.1. The van der Waals surface area contributed by atoms with Crippen LogP contribution in [0.15, 0.2) is 224 Å². The van der Waals surface area contributed by atoms with Gasteiger partial charge in [0.25, 0.3) is 0 Å². The molecular formula is C65H61NO2. The summed E-state index contributed by atoms with van der Waals surface area (Å²) in [6.45, 7) is 12.5. The molecule has 0 saturated heterocycles. The smallest absolute Gasteiger partial charge is 0.116 e. The van der Waals surface area contributed by atoms with Crippen LogP contribution in [0.5, 0.6) is 11.5 Å². The minimum Gasteiger partial charge on any atom is -0.508 e. The summed E-state index contributed by atoms with van der Waals surface area (Å²) in [4.78, 5) is 0. The van der Waals surface area contributed by atoms with Crippen molar-refractivity contribution < 1.29 is 10.2 Å². The molecule has 338 valence electrons. The number of hydrogen-bond acceptors (Lipinski definition) is 2. The predicted molar refractivity (Wildman–Crippen MR) is 292 cm³/mol. The molecule has 12 rings (SSSR count). The van der Waals surface area contributed by atoms with Gasteiger partial charge in [0.05, 0.1) is 16.4 Å². The summed E-state index contributed by atoms with van der Waals surface area (Å²) in [5, 5.41) is 26.8. The minimum absolute atomic E-state index is 0.273. The van der Waals surface area contributed by atoms with Gasteiger partial charge in [0.15, 0.2) is 0 Å². The zero-order chi connectivity index (χ0) is 47.6. The van der Waals surface area contributed by atoms with E-state index in [0.29, 0.717) is 0 Å². The van der Waals surface area contributed by atoms with E-state index < -0.39 is 5.41 Å². The van der Waals surface area contributed by atoms with E-state index in [0.717, 1.165) is 21.5 Å². The third-order valence-electron chi connectivity index (χ3n) is 12.3. The highest BCUT2D eigenvalue weighted by Crippen LogP contribution is 2.56. The number of phenols is 2. The van der Waals surface area contributed by atoms with Gasteiger partial charge in [-0.2, -0.15) is 0 Å². The number of para-hydroxylation sites is 2. The maximum Gasteiger partial charge on any atom is 0.116 e. The van der Waals surface area contributed by atoms with Crippen LogP contribution in [0.4, 0.5) is 0 Å². The van der Waals surface area contributed by atoms with E-state index in [2.05, 4.69) is 220 Å². The van der Waals surface area contributed by atoms with Crippen molar-refractivity contribution in [3.05, 3.63) is 247 Å². The molecule has 68 heavy (non-hydrogen) atoms. The topological polar surface area (TPSA) is 45.4 Å². The van der Waals surface area contributed by atoms with E-state index in [1.54, 1.807) is 12.1 Å². The van der Waals surface area contributed by atoms with Crippen LogP contribution in [0, 0.1) is 0 Å². The Hall–Kier alpha value is -7.88. The van der Waals surface area contributed by atoms with E-state index in [4.69, 9.17) is 0 Å². The van der Waals surface area contributed by atoms with Crippen LogP contribution in [0.1, 0.15) is 76.6 Å². The Bertz CT molecular complexity index is 3250. The molecule has 0 amide bonds. The number of fused-ring (bicyclic) bond motifs is 8. The first-order chi connectivity index (χ1) is 33.4. The molecule has 0 radical (unpaired) electrons. The number of rotatable bonds is 4. The van der Waals surface area contributed by atoms with Gasteiger partial charge in [-0.3, -0.25) is 0 Å². The molecule has 1 aromatic heterocycles. The Morgan fingerprint density at radius 2 is 0.735 bits per heavy atom. The first-order valence-corrected chi connectivity index (χ1v) is 24.2. The average molecular weight is 888 g/mol. The summed E-state index contributed by atoms with van der Waals surface area (Å²) in [5.41, 5.74) is 13.1. The Morgan fingerprint density at radius 3 is 1.21 bits per heavy atom. The SMILES string of the molecule is CC.CCC.CCC.Oc1ccc2cc(C3(c4ccc5cc(O)ccc5c4)c4ccccc4-c4ccccc43)ccc2c1.c1ccc(-c2ccc(-n3c4ccccc4c4ccccc43)cc2)cc1. The maximum absolute atomic E-state index is 10.0. The van der Waals surface area contributed by atoms with Crippen molar-refractivity contribution in [1.29, 1.82) is 0 Å². The average Bonchev–Trinajstić information content (AvgIpc) is 3.89. The minimum atomic E-state index is -0.495. The first-order valence-electron chi connectivity index (χ1n) is 24.2. The quantitative estimate of drug-likeness (QED) is 0.185. The molecule has 0 saturated carbocycles. The molecule has 11 aromatic rings. The molecular weight excluding hydrogens is 827 g/mol. The Balaban J connectivity index is 0.000000166. The predicted octanol–water partition coefficient (Wildman–Crippen LogP) is 18.1. The van der Waals surface area contributed by atoms with Gasteiger partial charge in [0.2, 0.25) is 0 Å². The third kappa shape index (κ3) is 8.88. The van der Waals surface area contributed by atoms with Crippen molar-refractivity contribution >= 4 is 43.4 Å². The molecule has 10 aromatic carbocycles. The lowest BCUT2D eigenvalue weighted by Crippen LogP contribution is -2.28. The first kappa shape index (κ1) is 46.6. The van der Waals surface area contributed by atoms with Crippen LogP contribution in [-0.2, 0) is 5.41 Å². The van der Waals surface area contributed by atoms with Gasteiger partial charge in [-0.1, -0.05) is 218 Å². The summed E-state index contributed by atoms with van der Waals surface area (Å²) in [6.07, 6.45) is 2.50. The fourth-order valence-electron chi connectivity index (χ4n) is 9.59. The van der Waals surface area contributed by atoms with Crippen LogP contribution >= 0.6 is 0 Å². The molecule has 0 spiro atoms. The van der Waals surface area contributed by atoms with E-state index >= 15 is 0 Å².